The molecule has 0 radical (unpaired) electrons. The lowest BCUT2D eigenvalue weighted by Crippen LogP contribution is -2.40. The molecular formula is C16H25N3O2. The van der Waals surface area contributed by atoms with Crippen LogP contribution in [-0.2, 0) is 4.74 Å². The van der Waals surface area contributed by atoms with E-state index in [1.807, 2.05) is 31.1 Å². The number of rotatable bonds is 4. The molecule has 0 aliphatic carbocycles. The molecular weight excluding hydrogens is 266 g/mol. The maximum absolute atomic E-state index is 12.7. The first-order chi connectivity index (χ1) is 10.0. The molecule has 1 aromatic rings. The smallest absolute Gasteiger partial charge is 0.254 e. The molecule has 0 spiro atoms. The van der Waals surface area contributed by atoms with Gasteiger partial charge in [-0.3, -0.25) is 4.79 Å². The third kappa shape index (κ3) is 3.73. The van der Waals surface area contributed by atoms with E-state index in [9.17, 15) is 4.79 Å². The van der Waals surface area contributed by atoms with Gasteiger partial charge in [0.1, 0.15) is 5.82 Å². The standard InChI is InChI=1S/C16H25N3O2/c1-11(2)14-9-12(10-15(17-3)18-14)16(20)19(4)13-5-7-21-8-6-13/h9-11,13H,5-8H2,1-4H3,(H,17,18). The van der Waals surface area contributed by atoms with Gasteiger partial charge in [-0.2, -0.15) is 0 Å². The number of pyridine rings is 1. The molecule has 116 valence electrons. The lowest BCUT2D eigenvalue weighted by molar-refractivity contribution is 0.0362. The van der Waals surface area contributed by atoms with Gasteiger partial charge in [-0.05, 0) is 30.9 Å². The normalized spacial score (nSPS) is 16.0. The number of anilines is 1. The van der Waals surface area contributed by atoms with E-state index in [0.717, 1.165) is 37.6 Å². The van der Waals surface area contributed by atoms with E-state index >= 15 is 0 Å². The third-order valence-electron chi connectivity index (χ3n) is 4.00. The van der Waals surface area contributed by atoms with E-state index in [1.165, 1.54) is 0 Å². The van der Waals surface area contributed by atoms with Crippen LogP contribution in [0.4, 0.5) is 5.82 Å². The maximum Gasteiger partial charge on any atom is 0.254 e. The minimum Gasteiger partial charge on any atom is -0.381 e. The zero-order valence-corrected chi connectivity index (χ0v) is 13.3. The number of hydrogen-bond acceptors (Lipinski definition) is 4. The molecule has 5 heteroatoms. The van der Waals surface area contributed by atoms with Crippen LogP contribution in [-0.4, -0.2) is 49.1 Å². The maximum atomic E-state index is 12.7. The van der Waals surface area contributed by atoms with E-state index in [-0.39, 0.29) is 11.9 Å². The molecule has 2 rings (SSSR count). The SMILES string of the molecule is CNc1cc(C(=O)N(C)C2CCOCC2)cc(C(C)C)n1. The number of ether oxygens (including phenoxy) is 1. The molecule has 0 unspecified atom stereocenters. The fourth-order valence-corrected chi connectivity index (χ4v) is 2.54. The number of hydrogen-bond donors (Lipinski definition) is 1. The van der Waals surface area contributed by atoms with Crippen LogP contribution in [0.1, 0.15) is 48.7 Å². The topological polar surface area (TPSA) is 54.5 Å². The van der Waals surface area contributed by atoms with Crippen LogP contribution in [0.15, 0.2) is 12.1 Å². The van der Waals surface area contributed by atoms with Crippen molar-refractivity contribution < 1.29 is 9.53 Å². The van der Waals surface area contributed by atoms with Gasteiger partial charge in [0, 0.05) is 44.6 Å². The second-order valence-corrected chi connectivity index (χ2v) is 5.83. The summed E-state index contributed by atoms with van der Waals surface area (Å²) >= 11 is 0. The van der Waals surface area contributed by atoms with Crippen molar-refractivity contribution in [1.29, 1.82) is 0 Å². The lowest BCUT2D eigenvalue weighted by atomic mass is 10.0. The Labute approximate surface area is 126 Å². The molecule has 5 nitrogen and oxygen atoms in total. The van der Waals surface area contributed by atoms with E-state index < -0.39 is 0 Å². The van der Waals surface area contributed by atoms with Crippen LogP contribution in [0, 0.1) is 0 Å². The van der Waals surface area contributed by atoms with Gasteiger partial charge >= 0.3 is 0 Å². The molecule has 21 heavy (non-hydrogen) atoms. The number of aromatic nitrogens is 1. The molecule has 1 aromatic heterocycles. The van der Waals surface area contributed by atoms with Crippen molar-refractivity contribution in [3.63, 3.8) is 0 Å². The average molecular weight is 291 g/mol. The van der Waals surface area contributed by atoms with Gasteiger partial charge in [0.2, 0.25) is 0 Å². The monoisotopic (exact) mass is 291 g/mol. The zero-order chi connectivity index (χ0) is 15.4. The largest absolute Gasteiger partial charge is 0.381 e. The average Bonchev–Trinajstić information content (AvgIpc) is 2.53. The summed E-state index contributed by atoms with van der Waals surface area (Å²) in [4.78, 5) is 19.1. The Hall–Kier alpha value is -1.62. The Kier molecular flexibility index (Phi) is 5.17. The summed E-state index contributed by atoms with van der Waals surface area (Å²) < 4.78 is 5.36. The molecule has 0 aromatic carbocycles. The van der Waals surface area contributed by atoms with E-state index in [0.29, 0.717) is 11.5 Å². The summed E-state index contributed by atoms with van der Waals surface area (Å²) in [6, 6.07) is 3.99. The van der Waals surface area contributed by atoms with E-state index in [4.69, 9.17) is 4.74 Å². The molecule has 0 bridgehead atoms. The Morgan fingerprint density at radius 3 is 2.62 bits per heavy atom. The van der Waals surface area contributed by atoms with Crippen molar-refractivity contribution in [3.05, 3.63) is 23.4 Å². The molecule has 2 heterocycles. The molecule has 1 aliphatic rings. The van der Waals surface area contributed by atoms with Crippen LogP contribution in [0.2, 0.25) is 0 Å². The zero-order valence-electron chi connectivity index (χ0n) is 13.3. The number of carbonyl (C=O) groups excluding carboxylic acids is 1. The van der Waals surface area contributed by atoms with Gasteiger partial charge < -0.3 is 15.0 Å². The highest BCUT2D eigenvalue weighted by Crippen LogP contribution is 2.21. The molecule has 0 saturated carbocycles. The Balaban J connectivity index is 2.22. The van der Waals surface area contributed by atoms with Crippen LogP contribution >= 0.6 is 0 Å². The summed E-state index contributed by atoms with van der Waals surface area (Å²) in [6.07, 6.45) is 1.81. The molecule has 1 aliphatic heterocycles. The Morgan fingerprint density at radius 1 is 1.38 bits per heavy atom. The fourth-order valence-electron chi connectivity index (χ4n) is 2.54. The molecule has 1 N–H and O–H groups in total. The quantitative estimate of drug-likeness (QED) is 0.926. The molecule has 1 amide bonds. The number of carbonyl (C=O) groups is 1. The van der Waals surface area contributed by atoms with E-state index in [2.05, 4.69) is 24.1 Å². The van der Waals surface area contributed by atoms with Crippen molar-refractivity contribution >= 4 is 11.7 Å². The van der Waals surface area contributed by atoms with Crippen molar-refractivity contribution in [3.8, 4) is 0 Å². The first kappa shape index (κ1) is 15.8. The van der Waals surface area contributed by atoms with Gasteiger partial charge in [0.25, 0.3) is 5.91 Å². The van der Waals surface area contributed by atoms with Gasteiger partial charge in [0.05, 0.1) is 0 Å². The van der Waals surface area contributed by atoms with Gasteiger partial charge in [-0.25, -0.2) is 4.98 Å². The Bertz CT molecular complexity index is 496. The molecule has 0 atom stereocenters. The lowest BCUT2D eigenvalue weighted by Gasteiger charge is -2.31. The van der Waals surface area contributed by atoms with Gasteiger partial charge in [-0.1, -0.05) is 13.8 Å². The summed E-state index contributed by atoms with van der Waals surface area (Å²) in [5.74, 6) is 1.09. The van der Waals surface area contributed by atoms with Crippen molar-refractivity contribution in [1.82, 2.24) is 9.88 Å². The third-order valence-corrected chi connectivity index (χ3v) is 4.00. The van der Waals surface area contributed by atoms with Crippen LogP contribution < -0.4 is 5.32 Å². The van der Waals surface area contributed by atoms with Gasteiger partial charge in [0.15, 0.2) is 0 Å². The molecule has 1 fully saturated rings. The second kappa shape index (κ2) is 6.89. The molecule has 1 saturated heterocycles. The Morgan fingerprint density at radius 2 is 2.05 bits per heavy atom. The van der Waals surface area contributed by atoms with Crippen LogP contribution in [0.5, 0.6) is 0 Å². The summed E-state index contributed by atoms with van der Waals surface area (Å²) in [5.41, 5.74) is 1.64. The number of nitrogens with one attached hydrogen (secondary N) is 1. The first-order valence-corrected chi connectivity index (χ1v) is 7.57. The summed E-state index contributed by atoms with van der Waals surface area (Å²) in [7, 11) is 3.70. The first-order valence-electron chi connectivity index (χ1n) is 7.57. The highest BCUT2D eigenvalue weighted by molar-refractivity contribution is 5.95. The van der Waals surface area contributed by atoms with Crippen LogP contribution in [0.3, 0.4) is 0 Å². The summed E-state index contributed by atoms with van der Waals surface area (Å²) in [5, 5.41) is 3.03. The fraction of sp³-hybridized carbons (Fsp3) is 0.625. The highest BCUT2D eigenvalue weighted by atomic mass is 16.5. The minimum atomic E-state index is 0.0581. The van der Waals surface area contributed by atoms with Crippen LogP contribution in [0.25, 0.3) is 0 Å². The predicted octanol–water partition coefficient (Wildman–Crippen LogP) is 2.50. The number of amides is 1. The van der Waals surface area contributed by atoms with Crippen molar-refractivity contribution in [2.24, 2.45) is 0 Å². The van der Waals surface area contributed by atoms with Gasteiger partial charge in [-0.15, -0.1) is 0 Å². The second-order valence-electron chi connectivity index (χ2n) is 5.83. The summed E-state index contributed by atoms with van der Waals surface area (Å²) in [6.45, 7) is 5.63. The van der Waals surface area contributed by atoms with Crippen molar-refractivity contribution in [2.75, 3.05) is 32.6 Å². The van der Waals surface area contributed by atoms with Crippen molar-refractivity contribution in [2.45, 2.75) is 38.6 Å². The number of nitrogens with zero attached hydrogens (tertiary/aromatic N) is 2. The highest BCUT2D eigenvalue weighted by Gasteiger charge is 2.24. The van der Waals surface area contributed by atoms with E-state index in [1.54, 1.807) is 0 Å². The predicted molar refractivity (Wildman–Crippen MR) is 83.8 cm³/mol. The minimum absolute atomic E-state index is 0.0581.